The minimum Gasteiger partial charge on any atom is -0.315 e. The van der Waals surface area contributed by atoms with Crippen LogP contribution in [-0.2, 0) is 0 Å². The summed E-state index contributed by atoms with van der Waals surface area (Å²) in [6.45, 7) is 3.68. The summed E-state index contributed by atoms with van der Waals surface area (Å²) in [6, 6.07) is 1.57. The summed E-state index contributed by atoms with van der Waals surface area (Å²) >= 11 is 0. The Hall–Kier alpha value is -0.0800. The van der Waals surface area contributed by atoms with Gasteiger partial charge in [0.25, 0.3) is 0 Å². The summed E-state index contributed by atoms with van der Waals surface area (Å²) in [4.78, 5) is 2.63. The number of rotatable bonds is 5. The zero-order valence-corrected chi connectivity index (χ0v) is 11.2. The first-order chi connectivity index (χ1) is 7.72. The Kier molecular flexibility index (Phi) is 4.26. The molecule has 2 aliphatic carbocycles. The Morgan fingerprint density at radius 2 is 1.88 bits per heavy atom. The third-order valence-electron chi connectivity index (χ3n) is 4.68. The molecule has 94 valence electrons. The van der Waals surface area contributed by atoms with Gasteiger partial charge in [-0.3, -0.25) is 0 Å². The highest BCUT2D eigenvalue weighted by Crippen LogP contribution is 2.34. The highest BCUT2D eigenvalue weighted by Gasteiger charge is 2.33. The molecule has 3 atom stereocenters. The van der Waals surface area contributed by atoms with Crippen molar-refractivity contribution in [2.45, 2.75) is 57.5 Å². The van der Waals surface area contributed by atoms with E-state index in [1.54, 1.807) is 0 Å². The van der Waals surface area contributed by atoms with Gasteiger partial charge < -0.3 is 10.2 Å². The van der Waals surface area contributed by atoms with Crippen molar-refractivity contribution in [1.29, 1.82) is 0 Å². The van der Waals surface area contributed by atoms with Gasteiger partial charge in [-0.05, 0) is 51.6 Å². The molecule has 16 heavy (non-hydrogen) atoms. The van der Waals surface area contributed by atoms with E-state index in [2.05, 4.69) is 31.2 Å². The van der Waals surface area contributed by atoms with Crippen molar-refractivity contribution >= 4 is 0 Å². The number of likely N-dealkylation sites (N-methyl/N-ethyl adjacent to an activating group) is 2. The lowest BCUT2D eigenvalue weighted by Crippen LogP contribution is -2.46. The van der Waals surface area contributed by atoms with E-state index in [0.29, 0.717) is 0 Å². The van der Waals surface area contributed by atoms with Crippen LogP contribution in [0.3, 0.4) is 0 Å². The smallest absolute Gasteiger partial charge is 0.0220 e. The van der Waals surface area contributed by atoms with Gasteiger partial charge in [0.15, 0.2) is 0 Å². The molecular weight excluding hydrogens is 196 g/mol. The van der Waals surface area contributed by atoms with Gasteiger partial charge in [0.1, 0.15) is 0 Å². The van der Waals surface area contributed by atoms with Crippen LogP contribution in [0, 0.1) is 11.8 Å². The summed E-state index contributed by atoms with van der Waals surface area (Å²) in [7, 11) is 4.46. The van der Waals surface area contributed by atoms with Crippen molar-refractivity contribution in [2.24, 2.45) is 11.8 Å². The van der Waals surface area contributed by atoms with Gasteiger partial charge in [-0.15, -0.1) is 0 Å². The predicted molar refractivity (Wildman–Crippen MR) is 69.6 cm³/mol. The fraction of sp³-hybridized carbons (Fsp3) is 1.00. The van der Waals surface area contributed by atoms with Crippen LogP contribution in [0.2, 0.25) is 0 Å². The minimum atomic E-state index is 0.735. The molecular formula is C14H28N2. The highest BCUT2D eigenvalue weighted by atomic mass is 15.2. The van der Waals surface area contributed by atoms with Crippen molar-refractivity contribution in [3.63, 3.8) is 0 Å². The molecule has 0 aliphatic heterocycles. The van der Waals surface area contributed by atoms with Gasteiger partial charge >= 0.3 is 0 Å². The van der Waals surface area contributed by atoms with E-state index < -0.39 is 0 Å². The van der Waals surface area contributed by atoms with Crippen LogP contribution >= 0.6 is 0 Å². The molecule has 0 bridgehead atoms. The third kappa shape index (κ3) is 2.98. The van der Waals surface area contributed by atoms with E-state index >= 15 is 0 Å². The summed E-state index contributed by atoms with van der Waals surface area (Å²) in [5, 5.41) is 3.51. The monoisotopic (exact) mass is 224 g/mol. The van der Waals surface area contributed by atoms with Crippen molar-refractivity contribution in [1.82, 2.24) is 10.2 Å². The molecule has 2 nitrogen and oxygen atoms in total. The van der Waals surface area contributed by atoms with Gasteiger partial charge in [0, 0.05) is 18.6 Å². The maximum absolute atomic E-state index is 3.51. The van der Waals surface area contributed by atoms with Gasteiger partial charge in [-0.25, -0.2) is 0 Å². The number of hydrogen-bond acceptors (Lipinski definition) is 2. The van der Waals surface area contributed by atoms with Crippen LogP contribution in [0.4, 0.5) is 0 Å². The SMILES string of the molecule is CNC(CN(C)C1CCCCC1C)C1CC1. The van der Waals surface area contributed by atoms with E-state index in [9.17, 15) is 0 Å². The second-order valence-corrected chi connectivity index (χ2v) is 6.00. The molecule has 0 aromatic carbocycles. The van der Waals surface area contributed by atoms with Crippen molar-refractivity contribution in [3.8, 4) is 0 Å². The molecule has 0 aromatic heterocycles. The summed E-state index contributed by atoms with van der Waals surface area (Å²) in [6.07, 6.45) is 8.62. The summed E-state index contributed by atoms with van der Waals surface area (Å²) < 4.78 is 0. The predicted octanol–water partition coefficient (Wildman–Crippen LogP) is 2.49. The molecule has 0 amide bonds. The Bertz CT molecular complexity index is 213. The maximum Gasteiger partial charge on any atom is 0.0220 e. The molecule has 1 N–H and O–H groups in total. The van der Waals surface area contributed by atoms with E-state index in [-0.39, 0.29) is 0 Å². The lowest BCUT2D eigenvalue weighted by molar-refractivity contribution is 0.125. The standard InChI is InChI=1S/C14H28N2/c1-11-6-4-5-7-14(11)16(3)10-13(15-2)12-8-9-12/h11-15H,4-10H2,1-3H3. The fourth-order valence-electron chi connectivity index (χ4n) is 3.37. The van der Waals surface area contributed by atoms with Gasteiger partial charge in [0.05, 0.1) is 0 Å². The third-order valence-corrected chi connectivity index (χ3v) is 4.68. The number of nitrogens with one attached hydrogen (secondary N) is 1. The molecule has 0 spiro atoms. The highest BCUT2D eigenvalue weighted by molar-refractivity contribution is 4.89. The molecule has 3 unspecified atom stereocenters. The zero-order chi connectivity index (χ0) is 11.5. The molecule has 2 heteroatoms. The van der Waals surface area contributed by atoms with E-state index in [0.717, 1.165) is 23.9 Å². The van der Waals surface area contributed by atoms with Crippen molar-refractivity contribution in [3.05, 3.63) is 0 Å². The molecule has 2 rings (SSSR count). The maximum atomic E-state index is 3.51. The summed E-state index contributed by atoms with van der Waals surface area (Å²) in [5.41, 5.74) is 0. The topological polar surface area (TPSA) is 15.3 Å². The molecule has 0 aromatic rings. The van der Waals surface area contributed by atoms with Crippen LogP contribution in [0.15, 0.2) is 0 Å². The van der Waals surface area contributed by atoms with Crippen LogP contribution in [0.25, 0.3) is 0 Å². The molecule has 0 saturated heterocycles. The Balaban J connectivity index is 1.82. The van der Waals surface area contributed by atoms with E-state index in [1.165, 1.54) is 45.1 Å². The Morgan fingerprint density at radius 3 is 2.44 bits per heavy atom. The van der Waals surface area contributed by atoms with E-state index in [1.807, 2.05) is 0 Å². The summed E-state index contributed by atoms with van der Waals surface area (Å²) in [5.74, 6) is 1.86. The molecule has 2 fully saturated rings. The average molecular weight is 224 g/mol. The molecule has 2 saturated carbocycles. The van der Waals surface area contributed by atoms with Crippen LogP contribution in [-0.4, -0.2) is 37.6 Å². The molecule has 0 radical (unpaired) electrons. The number of hydrogen-bond donors (Lipinski definition) is 1. The lowest BCUT2D eigenvalue weighted by atomic mass is 9.85. The quantitative estimate of drug-likeness (QED) is 0.772. The Morgan fingerprint density at radius 1 is 1.19 bits per heavy atom. The van der Waals surface area contributed by atoms with Crippen molar-refractivity contribution in [2.75, 3.05) is 20.6 Å². The first kappa shape index (κ1) is 12.4. The minimum absolute atomic E-state index is 0.735. The molecule has 0 heterocycles. The van der Waals surface area contributed by atoms with Crippen LogP contribution < -0.4 is 5.32 Å². The van der Waals surface area contributed by atoms with E-state index in [4.69, 9.17) is 0 Å². The largest absolute Gasteiger partial charge is 0.315 e. The first-order valence-electron chi connectivity index (χ1n) is 7.10. The van der Waals surface area contributed by atoms with Crippen LogP contribution in [0.5, 0.6) is 0 Å². The first-order valence-corrected chi connectivity index (χ1v) is 7.10. The van der Waals surface area contributed by atoms with Gasteiger partial charge in [-0.1, -0.05) is 19.8 Å². The second-order valence-electron chi connectivity index (χ2n) is 6.00. The van der Waals surface area contributed by atoms with Gasteiger partial charge in [-0.2, -0.15) is 0 Å². The normalized spacial score (nSPS) is 33.0. The molecule has 2 aliphatic rings. The zero-order valence-electron chi connectivity index (χ0n) is 11.2. The van der Waals surface area contributed by atoms with Gasteiger partial charge in [0.2, 0.25) is 0 Å². The average Bonchev–Trinajstić information content (AvgIpc) is 3.10. The second kappa shape index (κ2) is 5.50. The van der Waals surface area contributed by atoms with Crippen molar-refractivity contribution < 1.29 is 0 Å². The fourth-order valence-corrected chi connectivity index (χ4v) is 3.37. The lowest BCUT2D eigenvalue weighted by Gasteiger charge is -2.38. The Labute approximate surface area is 101 Å². The van der Waals surface area contributed by atoms with Crippen LogP contribution in [0.1, 0.15) is 45.4 Å². The number of nitrogens with zero attached hydrogens (tertiary/aromatic N) is 1.